The monoisotopic (exact) mass is 225 g/mol. The largest absolute Gasteiger partial charge is 0.378 e. The van der Waals surface area contributed by atoms with Gasteiger partial charge in [0.1, 0.15) is 0 Å². The van der Waals surface area contributed by atoms with Gasteiger partial charge in [-0.05, 0) is 22.4 Å². The lowest BCUT2D eigenvalue weighted by Crippen LogP contribution is -2.05. The van der Waals surface area contributed by atoms with Gasteiger partial charge in [0.25, 0.3) is 0 Å². The minimum Gasteiger partial charge on any atom is -0.378 e. The lowest BCUT2D eigenvalue weighted by atomic mass is 10.4. The summed E-state index contributed by atoms with van der Waals surface area (Å²) < 4.78 is 28.0. The van der Waals surface area contributed by atoms with Gasteiger partial charge in [-0.15, -0.1) is 0 Å². The maximum Gasteiger partial charge on any atom is 0.247 e. The van der Waals surface area contributed by atoms with Crippen LogP contribution in [0.2, 0.25) is 0 Å². The summed E-state index contributed by atoms with van der Waals surface area (Å²) in [6.45, 7) is 0. The van der Waals surface area contributed by atoms with E-state index in [1.54, 1.807) is 18.2 Å². The lowest BCUT2D eigenvalue weighted by molar-refractivity contribution is 0.298. The van der Waals surface area contributed by atoms with Crippen molar-refractivity contribution in [1.82, 2.24) is 10.3 Å². The topological polar surface area (TPSA) is 99.1 Å². The molecule has 0 atom stereocenters. The van der Waals surface area contributed by atoms with Gasteiger partial charge in [-0.25, -0.2) is 13.0 Å². The van der Waals surface area contributed by atoms with Gasteiger partial charge in [-0.3, -0.25) is 0 Å². The highest BCUT2D eigenvalue weighted by Gasteiger charge is 2.25. The summed E-state index contributed by atoms with van der Waals surface area (Å²) in [7, 11) is -3.72. The van der Waals surface area contributed by atoms with Crippen LogP contribution < -0.4 is 5.73 Å². The second-order valence-electron chi connectivity index (χ2n) is 2.77. The molecule has 0 fully saturated rings. The summed E-state index contributed by atoms with van der Waals surface area (Å²) in [5, 5.41) is 6.13. The molecule has 0 saturated heterocycles. The van der Waals surface area contributed by atoms with E-state index < -0.39 is 9.84 Å². The van der Waals surface area contributed by atoms with E-state index in [1.165, 1.54) is 12.1 Å². The summed E-state index contributed by atoms with van der Waals surface area (Å²) in [6.07, 6.45) is 0. The van der Waals surface area contributed by atoms with Crippen LogP contribution in [0.25, 0.3) is 0 Å². The fraction of sp³-hybridized carbons (Fsp3) is 0. The normalized spacial score (nSPS) is 11.5. The van der Waals surface area contributed by atoms with Crippen LogP contribution in [0.3, 0.4) is 0 Å². The molecule has 6 nitrogen and oxygen atoms in total. The zero-order chi connectivity index (χ0) is 10.9. The molecular formula is C8H7N3O3S. The SMILES string of the molecule is Nc1nonc1S(=O)(=O)c1ccccc1. The molecule has 0 aliphatic rings. The maximum atomic E-state index is 11.9. The number of nitrogens with zero attached hydrogens (tertiary/aromatic N) is 2. The number of nitrogens with two attached hydrogens (primary N) is 1. The van der Waals surface area contributed by atoms with Crippen molar-refractivity contribution in [2.75, 3.05) is 5.73 Å². The molecule has 15 heavy (non-hydrogen) atoms. The van der Waals surface area contributed by atoms with Crippen molar-refractivity contribution in [3.05, 3.63) is 30.3 Å². The highest BCUT2D eigenvalue weighted by atomic mass is 32.2. The number of sulfone groups is 1. The van der Waals surface area contributed by atoms with Gasteiger partial charge >= 0.3 is 0 Å². The summed E-state index contributed by atoms with van der Waals surface area (Å²) in [4.78, 5) is 0.104. The van der Waals surface area contributed by atoms with Crippen LogP contribution in [0.15, 0.2) is 44.9 Å². The van der Waals surface area contributed by atoms with Crippen LogP contribution in [0.4, 0.5) is 5.82 Å². The van der Waals surface area contributed by atoms with Crippen LogP contribution in [-0.2, 0) is 9.84 Å². The van der Waals surface area contributed by atoms with Crippen molar-refractivity contribution in [3.63, 3.8) is 0 Å². The molecular weight excluding hydrogens is 218 g/mol. The Labute approximate surface area is 85.6 Å². The quantitative estimate of drug-likeness (QED) is 0.798. The Hall–Kier alpha value is -1.89. The number of nitrogen functional groups attached to an aromatic ring is 1. The van der Waals surface area contributed by atoms with Gasteiger partial charge in [0, 0.05) is 0 Å². The molecule has 1 aromatic carbocycles. The number of aromatic nitrogens is 2. The molecule has 0 amide bonds. The highest BCUT2D eigenvalue weighted by Crippen LogP contribution is 2.21. The average molecular weight is 225 g/mol. The predicted octanol–water partition coefficient (Wildman–Crippen LogP) is 0.485. The van der Waals surface area contributed by atoms with Crippen LogP contribution in [0.5, 0.6) is 0 Å². The first-order valence-electron chi connectivity index (χ1n) is 4.00. The second-order valence-corrected chi connectivity index (χ2v) is 4.64. The molecule has 0 bridgehead atoms. The molecule has 0 spiro atoms. The smallest absolute Gasteiger partial charge is 0.247 e. The Bertz CT molecular complexity index is 562. The number of hydrogen-bond donors (Lipinski definition) is 1. The zero-order valence-corrected chi connectivity index (χ0v) is 8.31. The van der Waals surface area contributed by atoms with Gasteiger partial charge in [0.15, 0.2) is 0 Å². The van der Waals surface area contributed by atoms with E-state index in [0.717, 1.165) is 0 Å². The van der Waals surface area contributed by atoms with Crippen LogP contribution >= 0.6 is 0 Å². The van der Waals surface area contributed by atoms with Crippen molar-refractivity contribution in [2.45, 2.75) is 9.92 Å². The summed E-state index contributed by atoms with van der Waals surface area (Å²) in [5.41, 5.74) is 5.32. The minimum atomic E-state index is -3.72. The van der Waals surface area contributed by atoms with Gasteiger partial charge in [0.05, 0.1) is 4.90 Å². The van der Waals surface area contributed by atoms with Crippen molar-refractivity contribution in [1.29, 1.82) is 0 Å². The number of anilines is 1. The average Bonchev–Trinajstić information content (AvgIpc) is 2.66. The predicted molar refractivity (Wildman–Crippen MR) is 50.6 cm³/mol. The Kier molecular flexibility index (Phi) is 2.16. The summed E-state index contributed by atoms with van der Waals surface area (Å²) >= 11 is 0. The third-order valence-electron chi connectivity index (χ3n) is 1.79. The lowest BCUT2D eigenvalue weighted by Gasteiger charge is -1.98. The fourth-order valence-electron chi connectivity index (χ4n) is 1.09. The molecule has 0 radical (unpaired) electrons. The second kappa shape index (κ2) is 3.35. The van der Waals surface area contributed by atoms with Crippen molar-refractivity contribution in [2.24, 2.45) is 0 Å². The summed E-state index contributed by atoms with van der Waals surface area (Å²) in [5.74, 6) is -0.237. The van der Waals surface area contributed by atoms with Gasteiger partial charge < -0.3 is 5.73 Å². The first-order chi connectivity index (χ1) is 7.12. The number of hydrogen-bond acceptors (Lipinski definition) is 6. The molecule has 2 N–H and O–H groups in total. The molecule has 7 heteroatoms. The van der Waals surface area contributed by atoms with E-state index >= 15 is 0 Å². The standard InChI is InChI=1S/C8H7N3O3S/c9-7-8(11-14-10-7)15(12,13)6-4-2-1-3-5-6/h1-5H,(H2,9,10). The molecule has 1 aromatic heterocycles. The first-order valence-corrected chi connectivity index (χ1v) is 5.49. The Morgan fingerprint density at radius 3 is 2.33 bits per heavy atom. The molecule has 2 aromatic rings. The van der Waals surface area contributed by atoms with E-state index in [1.807, 2.05) is 0 Å². The van der Waals surface area contributed by atoms with Crippen molar-refractivity contribution >= 4 is 15.7 Å². The third-order valence-corrected chi connectivity index (χ3v) is 3.48. The summed E-state index contributed by atoms with van der Waals surface area (Å²) in [6, 6.07) is 7.82. The van der Waals surface area contributed by atoms with Crippen molar-refractivity contribution < 1.29 is 13.0 Å². The molecule has 78 valence electrons. The number of rotatable bonds is 2. The fourth-order valence-corrected chi connectivity index (χ4v) is 2.27. The zero-order valence-electron chi connectivity index (χ0n) is 7.49. The third kappa shape index (κ3) is 1.57. The minimum absolute atomic E-state index is 0.104. The first kappa shape index (κ1) is 9.66. The van der Waals surface area contributed by atoms with E-state index in [9.17, 15) is 8.42 Å². The molecule has 1 heterocycles. The molecule has 0 saturated carbocycles. The van der Waals surface area contributed by atoms with E-state index in [0.29, 0.717) is 0 Å². The Morgan fingerprint density at radius 1 is 1.13 bits per heavy atom. The van der Waals surface area contributed by atoms with Crippen LogP contribution in [-0.4, -0.2) is 18.7 Å². The highest BCUT2D eigenvalue weighted by molar-refractivity contribution is 7.91. The molecule has 0 unspecified atom stereocenters. The maximum absolute atomic E-state index is 11.9. The van der Waals surface area contributed by atoms with E-state index in [2.05, 4.69) is 14.9 Å². The molecule has 2 rings (SSSR count). The van der Waals surface area contributed by atoms with Crippen LogP contribution in [0, 0.1) is 0 Å². The van der Waals surface area contributed by atoms with Gasteiger partial charge in [-0.2, -0.15) is 0 Å². The van der Waals surface area contributed by atoms with E-state index in [4.69, 9.17) is 5.73 Å². The van der Waals surface area contributed by atoms with Gasteiger partial charge in [-0.1, -0.05) is 18.2 Å². The van der Waals surface area contributed by atoms with Crippen LogP contribution in [0.1, 0.15) is 0 Å². The molecule has 0 aliphatic heterocycles. The van der Waals surface area contributed by atoms with E-state index in [-0.39, 0.29) is 15.7 Å². The number of benzene rings is 1. The van der Waals surface area contributed by atoms with Gasteiger partial charge in [0.2, 0.25) is 20.7 Å². The Balaban J connectivity index is 2.60. The Morgan fingerprint density at radius 2 is 1.80 bits per heavy atom. The molecule has 0 aliphatic carbocycles. The van der Waals surface area contributed by atoms with Crippen molar-refractivity contribution in [3.8, 4) is 0 Å².